The van der Waals surface area contributed by atoms with Gasteiger partial charge in [0.25, 0.3) is 0 Å². The van der Waals surface area contributed by atoms with Gasteiger partial charge in [0.05, 0.1) is 0 Å². The molecule has 0 nitrogen and oxygen atoms in total. The van der Waals surface area contributed by atoms with Crippen LogP contribution in [0.3, 0.4) is 0 Å². The summed E-state index contributed by atoms with van der Waals surface area (Å²) in [6, 6.07) is 0. The molecule has 0 heterocycles. The van der Waals surface area contributed by atoms with Gasteiger partial charge in [0, 0.05) is 0 Å². The molecule has 0 aromatic rings. The first-order chi connectivity index (χ1) is 8.22. The molecule has 0 fully saturated rings. The molecule has 0 aromatic heterocycles. The van der Waals surface area contributed by atoms with E-state index in [-0.39, 0.29) is 0 Å². The predicted octanol–water partition coefficient (Wildman–Crippen LogP) is 5.95. The molecular formula is C16H32Se. The van der Waals surface area contributed by atoms with E-state index >= 15 is 0 Å². The van der Waals surface area contributed by atoms with Gasteiger partial charge >= 0.3 is 116 Å². The fraction of sp³-hybridized carbons (Fsp3) is 0.875. The minimum atomic E-state index is 0.780. The van der Waals surface area contributed by atoms with Gasteiger partial charge in [-0.1, -0.05) is 0 Å². The molecule has 102 valence electrons. The van der Waals surface area contributed by atoms with E-state index in [1.165, 1.54) is 63.1 Å². The Labute approximate surface area is 116 Å². The SMILES string of the molecule is CCCCCCCC/C(C)=C(\C)[Se]CCCC. The van der Waals surface area contributed by atoms with Gasteiger partial charge in [-0.3, -0.25) is 0 Å². The molecule has 17 heavy (non-hydrogen) atoms. The zero-order valence-corrected chi connectivity index (χ0v) is 14.2. The molecule has 0 unspecified atom stereocenters. The van der Waals surface area contributed by atoms with E-state index in [4.69, 9.17) is 0 Å². The van der Waals surface area contributed by atoms with Crippen LogP contribution < -0.4 is 0 Å². The molecule has 0 aromatic carbocycles. The van der Waals surface area contributed by atoms with Crippen molar-refractivity contribution in [2.45, 2.75) is 90.8 Å². The number of unbranched alkanes of at least 4 members (excludes halogenated alkanes) is 6. The van der Waals surface area contributed by atoms with E-state index in [0.717, 1.165) is 15.0 Å². The van der Waals surface area contributed by atoms with E-state index < -0.39 is 0 Å². The Morgan fingerprint density at radius 2 is 1.35 bits per heavy atom. The first-order valence-electron chi connectivity index (χ1n) is 7.51. The molecule has 0 rings (SSSR count). The normalized spacial score (nSPS) is 12.7. The summed E-state index contributed by atoms with van der Waals surface area (Å²) in [6.07, 6.45) is 12.6. The van der Waals surface area contributed by atoms with Crippen molar-refractivity contribution in [2.75, 3.05) is 0 Å². The molecule has 0 spiro atoms. The Hall–Kier alpha value is 0.259. The van der Waals surface area contributed by atoms with Crippen LogP contribution in [0.4, 0.5) is 0 Å². The minimum absolute atomic E-state index is 0.780. The summed E-state index contributed by atoms with van der Waals surface area (Å²) in [5.74, 6) is 0. The summed E-state index contributed by atoms with van der Waals surface area (Å²) < 4.78 is 1.72. The van der Waals surface area contributed by atoms with E-state index in [0.29, 0.717) is 0 Å². The molecule has 0 aliphatic carbocycles. The van der Waals surface area contributed by atoms with Crippen molar-refractivity contribution in [3.8, 4) is 0 Å². The summed E-state index contributed by atoms with van der Waals surface area (Å²) in [5.41, 5.74) is 1.69. The molecule has 0 bridgehead atoms. The van der Waals surface area contributed by atoms with Crippen LogP contribution >= 0.6 is 0 Å². The Morgan fingerprint density at radius 3 is 2.00 bits per heavy atom. The van der Waals surface area contributed by atoms with E-state index in [1.807, 2.05) is 0 Å². The third-order valence-corrected chi connectivity index (χ3v) is 6.00. The molecule has 0 aliphatic rings. The van der Waals surface area contributed by atoms with Gasteiger partial charge in [-0.25, -0.2) is 0 Å². The Balaban J connectivity index is 3.53. The van der Waals surface area contributed by atoms with Gasteiger partial charge < -0.3 is 0 Å². The summed E-state index contributed by atoms with van der Waals surface area (Å²) in [7, 11) is 0. The average Bonchev–Trinajstić information content (AvgIpc) is 2.33. The molecule has 0 radical (unpaired) electrons. The van der Waals surface area contributed by atoms with Crippen LogP contribution in [0.5, 0.6) is 0 Å². The number of allylic oxidation sites excluding steroid dienone is 2. The fourth-order valence-electron chi connectivity index (χ4n) is 1.84. The molecule has 0 N–H and O–H groups in total. The summed E-state index contributed by atoms with van der Waals surface area (Å²) in [5, 5.41) is 1.45. The van der Waals surface area contributed by atoms with E-state index in [9.17, 15) is 0 Å². The first-order valence-corrected chi connectivity index (χ1v) is 9.58. The second kappa shape index (κ2) is 12.7. The summed E-state index contributed by atoms with van der Waals surface area (Å²) >= 11 is 0.780. The molecule has 0 saturated carbocycles. The second-order valence-electron chi connectivity index (χ2n) is 5.06. The summed E-state index contributed by atoms with van der Waals surface area (Å²) in [4.78, 5) is 0. The van der Waals surface area contributed by atoms with Crippen LogP contribution in [0, 0.1) is 0 Å². The molecule has 0 aliphatic heterocycles. The van der Waals surface area contributed by atoms with Crippen molar-refractivity contribution < 1.29 is 0 Å². The van der Waals surface area contributed by atoms with Gasteiger partial charge in [-0.15, -0.1) is 0 Å². The maximum absolute atomic E-state index is 2.36. The number of hydrogen-bond donors (Lipinski definition) is 0. The van der Waals surface area contributed by atoms with Gasteiger partial charge in [0.2, 0.25) is 0 Å². The van der Waals surface area contributed by atoms with Crippen LogP contribution in [-0.4, -0.2) is 15.0 Å². The Morgan fingerprint density at radius 1 is 0.765 bits per heavy atom. The van der Waals surface area contributed by atoms with Crippen molar-refractivity contribution >= 4 is 15.0 Å². The average molecular weight is 303 g/mol. The molecular weight excluding hydrogens is 271 g/mol. The van der Waals surface area contributed by atoms with E-state index in [1.54, 1.807) is 10.0 Å². The van der Waals surface area contributed by atoms with Crippen LogP contribution in [-0.2, 0) is 0 Å². The van der Waals surface area contributed by atoms with E-state index in [2.05, 4.69) is 27.7 Å². The van der Waals surface area contributed by atoms with Gasteiger partial charge in [-0.05, 0) is 0 Å². The third kappa shape index (κ3) is 11.1. The zero-order chi connectivity index (χ0) is 12.9. The standard InChI is InChI=1S/C16H32Se/c1-5-7-9-10-11-12-13-15(3)16(4)17-14-8-6-2/h5-14H2,1-4H3/b16-15+. The van der Waals surface area contributed by atoms with Gasteiger partial charge in [-0.2, -0.15) is 0 Å². The quantitative estimate of drug-likeness (QED) is 0.326. The van der Waals surface area contributed by atoms with Crippen LogP contribution in [0.25, 0.3) is 0 Å². The number of hydrogen-bond acceptors (Lipinski definition) is 0. The van der Waals surface area contributed by atoms with Crippen molar-refractivity contribution in [3.63, 3.8) is 0 Å². The van der Waals surface area contributed by atoms with Crippen LogP contribution in [0.1, 0.15) is 85.5 Å². The topological polar surface area (TPSA) is 0 Å². The molecule has 0 atom stereocenters. The van der Waals surface area contributed by atoms with Crippen molar-refractivity contribution in [3.05, 3.63) is 10.0 Å². The Bertz CT molecular complexity index is 194. The van der Waals surface area contributed by atoms with Crippen molar-refractivity contribution in [1.29, 1.82) is 0 Å². The fourth-order valence-corrected chi connectivity index (χ4v) is 4.12. The predicted molar refractivity (Wildman–Crippen MR) is 81.8 cm³/mol. The molecule has 0 amide bonds. The summed E-state index contributed by atoms with van der Waals surface area (Å²) in [6.45, 7) is 9.30. The van der Waals surface area contributed by atoms with Crippen molar-refractivity contribution in [2.24, 2.45) is 0 Å². The molecule has 0 saturated heterocycles. The first kappa shape index (κ1) is 17.3. The molecule has 1 heteroatoms. The maximum atomic E-state index is 2.36. The van der Waals surface area contributed by atoms with Crippen LogP contribution in [0.2, 0.25) is 5.32 Å². The van der Waals surface area contributed by atoms with Gasteiger partial charge in [0.15, 0.2) is 0 Å². The third-order valence-electron chi connectivity index (χ3n) is 3.32. The second-order valence-corrected chi connectivity index (χ2v) is 7.80. The zero-order valence-electron chi connectivity index (χ0n) is 12.5. The van der Waals surface area contributed by atoms with Crippen molar-refractivity contribution in [1.82, 2.24) is 0 Å². The van der Waals surface area contributed by atoms with Gasteiger partial charge in [0.1, 0.15) is 0 Å². The Kier molecular flexibility index (Phi) is 12.9. The monoisotopic (exact) mass is 304 g/mol. The van der Waals surface area contributed by atoms with Crippen LogP contribution in [0.15, 0.2) is 10.0 Å². The number of rotatable bonds is 11.